The van der Waals surface area contributed by atoms with E-state index in [1.54, 1.807) is 18.2 Å². The van der Waals surface area contributed by atoms with E-state index in [0.717, 1.165) is 5.56 Å². The third-order valence-corrected chi connectivity index (χ3v) is 4.37. The zero-order valence-corrected chi connectivity index (χ0v) is 8.92. The molecule has 0 fully saturated rings. The molecule has 0 spiro atoms. The molecule has 1 aromatic carbocycles. The molecule has 0 aliphatic carbocycles. The van der Waals surface area contributed by atoms with E-state index in [9.17, 15) is 8.42 Å². The maximum atomic E-state index is 11.9. The van der Waals surface area contributed by atoms with Crippen molar-refractivity contribution >= 4 is 15.9 Å². The van der Waals surface area contributed by atoms with Crippen LogP contribution in [0.4, 0.5) is 0 Å². The minimum atomic E-state index is -3.35. The molecule has 0 saturated carbocycles. The fraction of sp³-hybridized carbons (Fsp3) is 0.200. The second kappa shape index (κ2) is 3.44. The molecule has 0 atom stereocenters. The third kappa shape index (κ3) is 1.49. The highest BCUT2D eigenvalue weighted by Crippen LogP contribution is 2.32. The summed E-state index contributed by atoms with van der Waals surface area (Å²) in [6.07, 6.45) is 1.62. The first kappa shape index (κ1) is 10.4. The second-order valence-electron chi connectivity index (χ2n) is 3.39. The van der Waals surface area contributed by atoms with E-state index in [2.05, 4.69) is 0 Å². The Labute approximate surface area is 88.5 Å². The lowest BCUT2D eigenvalue weighted by Crippen LogP contribution is -2.10. The van der Waals surface area contributed by atoms with Crippen molar-refractivity contribution < 1.29 is 8.42 Å². The summed E-state index contributed by atoms with van der Waals surface area (Å²) in [5.41, 5.74) is 12.4. The van der Waals surface area contributed by atoms with E-state index in [1.807, 2.05) is 6.07 Å². The van der Waals surface area contributed by atoms with Crippen LogP contribution in [0.2, 0.25) is 0 Å². The van der Waals surface area contributed by atoms with Gasteiger partial charge in [-0.15, -0.1) is 0 Å². The largest absolute Gasteiger partial charge is 0.326 e. The van der Waals surface area contributed by atoms with E-state index in [4.69, 9.17) is 11.5 Å². The normalized spacial score (nSPS) is 17.3. The minimum Gasteiger partial charge on any atom is -0.326 e. The molecule has 0 amide bonds. The monoisotopic (exact) mass is 224 g/mol. The van der Waals surface area contributed by atoms with Crippen molar-refractivity contribution in [3.63, 3.8) is 0 Å². The Morgan fingerprint density at radius 2 is 1.87 bits per heavy atom. The molecular formula is C10H12N2O2S. The van der Waals surface area contributed by atoms with Crippen LogP contribution in [-0.2, 0) is 16.4 Å². The first-order valence-electron chi connectivity index (χ1n) is 4.58. The lowest BCUT2D eigenvalue weighted by atomic mass is 10.1. The van der Waals surface area contributed by atoms with Gasteiger partial charge in [0.15, 0.2) is 0 Å². The van der Waals surface area contributed by atoms with Crippen molar-refractivity contribution in [2.45, 2.75) is 11.4 Å². The van der Waals surface area contributed by atoms with Gasteiger partial charge in [-0.1, -0.05) is 12.1 Å². The Kier molecular flexibility index (Phi) is 2.38. The molecule has 2 rings (SSSR count). The molecule has 0 unspecified atom stereocenters. The fourth-order valence-electron chi connectivity index (χ4n) is 1.62. The van der Waals surface area contributed by atoms with Crippen molar-refractivity contribution in [2.75, 3.05) is 6.54 Å². The Hall–Kier alpha value is -1.17. The molecule has 0 bridgehead atoms. The Morgan fingerprint density at radius 3 is 2.47 bits per heavy atom. The van der Waals surface area contributed by atoms with Crippen molar-refractivity contribution in [1.82, 2.24) is 0 Å². The molecule has 0 saturated heterocycles. The summed E-state index contributed by atoms with van der Waals surface area (Å²) in [6, 6.07) is 5.20. The highest BCUT2D eigenvalue weighted by molar-refractivity contribution is 7.95. The molecule has 4 N–H and O–H groups in total. The molecule has 1 aliphatic rings. The van der Waals surface area contributed by atoms with Gasteiger partial charge in [-0.3, -0.25) is 0 Å². The molecule has 4 nitrogen and oxygen atoms in total. The first-order valence-corrected chi connectivity index (χ1v) is 6.06. The number of hydrogen-bond acceptors (Lipinski definition) is 4. The minimum absolute atomic E-state index is 0.0367. The smallest absolute Gasteiger partial charge is 0.204 e. The number of sulfone groups is 1. The molecule has 0 aromatic heterocycles. The maximum Gasteiger partial charge on any atom is 0.204 e. The van der Waals surface area contributed by atoms with Crippen molar-refractivity contribution in [1.29, 1.82) is 0 Å². The van der Waals surface area contributed by atoms with Crippen LogP contribution in [0.3, 0.4) is 0 Å². The number of hydrogen-bond donors (Lipinski definition) is 2. The first-order chi connectivity index (χ1) is 7.09. The summed E-state index contributed by atoms with van der Waals surface area (Å²) in [4.78, 5) is 0.595. The molecule has 0 radical (unpaired) electrons. The topological polar surface area (TPSA) is 86.2 Å². The molecule has 1 aromatic rings. The summed E-state index contributed by atoms with van der Waals surface area (Å²) in [6.45, 7) is 0.371. The fourth-order valence-corrected chi connectivity index (χ4v) is 3.15. The van der Waals surface area contributed by atoms with Gasteiger partial charge in [0, 0.05) is 13.1 Å². The Morgan fingerprint density at radius 1 is 1.13 bits per heavy atom. The van der Waals surface area contributed by atoms with Gasteiger partial charge in [0.1, 0.15) is 0 Å². The highest BCUT2D eigenvalue weighted by Gasteiger charge is 2.28. The molecule has 1 heterocycles. The van der Waals surface area contributed by atoms with E-state index in [1.165, 1.54) is 0 Å². The van der Waals surface area contributed by atoms with Crippen LogP contribution < -0.4 is 11.5 Å². The van der Waals surface area contributed by atoms with Gasteiger partial charge >= 0.3 is 0 Å². The zero-order valence-electron chi connectivity index (χ0n) is 8.10. The van der Waals surface area contributed by atoms with Crippen molar-refractivity contribution in [3.05, 3.63) is 34.2 Å². The maximum absolute atomic E-state index is 11.9. The zero-order chi connectivity index (χ0) is 11.1. The van der Waals surface area contributed by atoms with Crippen LogP contribution in [0.25, 0.3) is 6.08 Å². The van der Waals surface area contributed by atoms with Gasteiger partial charge in [0.25, 0.3) is 0 Å². The van der Waals surface area contributed by atoms with Crippen LogP contribution in [0.5, 0.6) is 0 Å². The second-order valence-corrected chi connectivity index (χ2v) is 5.37. The van der Waals surface area contributed by atoms with Crippen LogP contribution in [0.15, 0.2) is 28.0 Å². The standard InChI is InChI=1S/C10H12N2O2S/c11-5-7-1-2-8-4-9(6-12)15(13,14)10(8)3-7/h1-4H,5-6,11-12H2. The van der Waals surface area contributed by atoms with Crippen LogP contribution in [0, 0.1) is 0 Å². The Bertz CT molecular complexity index is 532. The average molecular weight is 224 g/mol. The lowest BCUT2D eigenvalue weighted by molar-refractivity contribution is 0.602. The van der Waals surface area contributed by atoms with Gasteiger partial charge in [-0.25, -0.2) is 8.42 Å². The van der Waals surface area contributed by atoms with Gasteiger partial charge < -0.3 is 11.5 Å². The molecule has 15 heavy (non-hydrogen) atoms. The van der Waals surface area contributed by atoms with Crippen LogP contribution in [-0.4, -0.2) is 15.0 Å². The summed E-state index contributed by atoms with van der Waals surface area (Å²) in [7, 11) is -3.35. The lowest BCUT2D eigenvalue weighted by Gasteiger charge is -2.03. The third-order valence-electron chi connectivity index (χ3n) is 2.47. The molecule has 5 heteroatoms. The summed E-state index contributed by atoms with van der Waals surface area (Å²) in [5, 5.41) is 0. The summed E-state index contributed by atoms with van der Waals surface area (Å²) in [5.74, 6) is 0. The number of fused-ring (bicyclic) bond motifs is 1. The molecule has 80 valence electrons. The van der Waals surface area contributed by atoms with Crippen molar-refractivity contribution in [2.24, 2.45) is 11.5 Å². The summed E-state index contributed by atoms with van der Waals surface area (Å²) >= 11 is 0. The van der Waals surface area contributed by atoms with Crippen LogP contribution in [0.1, 0.15) is 11.1 Å². The van der Waals surface area contributed by atoms with Gasteiger partial charge in [0.2, 0.25) is 9.84 Å². The number of benzene rings is 1. The van der Waals surface area contributed by atoms with Crippen molar-refractivity contribution in [3.8, 4) is 0 Å². The predicted molar refractivity (Wildman–Crippen MR) is 58.6 cm³/mol. The SMILES string of the molecule is NCC1=Cc2ccc(CN)cc2S1(=O)=O. The molecular weight excluding hydrogens is 212 g/mol. The average Bonchev–Trinajstić information content (AvgIpc) is 2.50. The van der Waals surface area contributed by atoms with E-state index in [0.29, 0.717) is 17.0 Å². The van der Waals surface area contributed by atoms with Crippen LogP contribution >= 0.6 is 0 Å². The van der Waals surface area contributed by atoms with Gasteiger partial charge in [-0.05, 0) is 23.3 Å². The van der Waals surface area contributed by atoms with E-state index >= 15 is 0 Å². The predicted octanol–water partition coefficient (Wildman–Crippen LogP) is 0.232. The number of rotatable bonds is 2. The van der Waals surface area contributed by atoms with Gasteiger partial charge in [-0.2, -0.15) is 0 Å². The Balaban J connectivity index is 2.64. The highest BCUT2D eigenvalue weighted by atomic mass is 32.2. The quantitative estimate of drug-likeness (QED) is 0.753. The van der Waals surface area contributed by atoms with E-state index in [-0.39, 0.29) is 11.4 Å². The molecule has 1 aliphatic heterocycles. The summed E-state index contributed by atoms with van der Waals surface area (Å²) < 4.78 is 23.8. The van der Waals surface area contributed by atoms with E-state index < -0.39 is 9.84 Å². The van der Waals surface area contributed by atoms with Gasteiger partial charge in [0.05, 0.1) is 9.80 Å². The number of nitrogens with two attached hydrogens (primary N) is 2.